The van der Waals surface area contributed by atoms with E-state index in [1.807, 2.05) is 23.2 Å². The van der Waals surface area contributed by atoms with Gasteiger partial charge in [0, 0.05) is 30.9 Å². The van der Waals surface area contributed by atoms with Crippen LogP contribution in [-0.2, 0) is 0 Å². The number of rotatable bonds is 3. The molecule has 1 amide bonds. The van der Waals surface area contributed by atoms with E-state index < -0.39 is 0 Å². The number of piperidine rings is 1. The lowest BCUT2D eigenvalue weighted by molar-refractivity contribution is 0.0691. The highest BCUT2D eigenvalue weighted by atomic mass is 32.1. The molecule has 1 saturated heterocycles. The van der Waals surface area contributed by atoms with E-state index in [-0.39, 0.29) is 11.9 Å². The third-order valence-corrected chi connectivity index (χ3v) is 6.65. The highest BCUT2D eigenvalue weighted by Crippen LogP contribution is 2.35. The first-order valence-corrected chi connectivity index (χ1v) is 11.4. The van der Waals surface area contributed by atoms with Gasteiger partial charge in [-0.15, -0.1) is 0 Å². The molecule has 7 nitrogen and oxygen atoms in total. The van der Waals surface area contributed by atoms with Gasteiger partial charge < -0.3 is 9.47 Å². The Labute approximate surface area is 188 Å². The van der Waals surface area contributed by atoms with Crippen molar-refractivity contribution in [3.8, 4) is 11.4 Å². The van der Waals surface area contributed by atoms with Gasteiger partial charge in [-0.25, -0.2) is 9.97 Å². The monoisotopic (exact) mass is 440 g/mol. The number of likely N-dealkylation sites (tertiary alicyclic amines) is 1. The maximum Gasteiger partial charge on any atom is 0.275 e. The van der Waals surface area contributed by atoms with E-state index >= 15 is 0 Å². The van der Waals surface area contributed by atoms with Gasteiger partial charge in [0.05, 0.1) is 17.9 Å². The molecule has 8 heteroatoms. The lowest BCUT2D eigenvalue weighted by Gasteiger charge is -2.33. The van der Waals surface area contributed by atoms with Crippen LogP contribution in [0.1, 0.15) is 29.4 Å². The van der Waals surface area contributed by atoms with E-state index in [0.717, 1.165) is 47.1 Å². The van der Waals surface area contributed by atoms with Gasteiger partial charge in [-0.1, -0.05) is 42.5 Å². The predicted molar refractivity (Wildman–Crippen MR) is 125 cm³/mol. The van der Waals surface area contributed by atoms with E-state index in [1.165, 1.54) is 10.8 Å². The number of carbonyl (C=O) groups excluding carboxylic acids is 1. The number of fused-ring (bicyclic) bond motifs is 2. The number of imidazole rings is 1. The van der Waals surface area contributed by atoms with Crippen LogP contribution in [0, 0.1) is 0 Å². The van der Waals surface area contributed by atoms with E-state index in [4.69, 9.17) is 4.98 Å². The zero-order chi connectivity index (χ0) is 21.5. The zero-order valence-corrected chi connectivity index (χ0v) is 18.1. The highest BCUT2D eigenvalue weighted by molar-refractivity contribution is 6.99. The van der Waals surface area contributed by atoms with Crippen LogP contribution in [0.3, 0.4) is 0 Å². The molecule has 32 heavy (non-hydrogen) atoms. The summed E-state index contributed by atoms with van der Waals surface area (Å²) in [7, 11) is 0. The van der Waals surface area contributed by atoms with Gasteiger partial charge in [-0.05, 0) is 35.7 Å². The maximum absolute atomic E-state index is 12.7. The van der Waals surface area contributed by atoms with Crippen molar-refractivity contribution in [3.05, 3.63) is 72.7 Å². The van der Waals surface area contributed by atoms with Crippen LogP contribution in [0.15, 0.2) is 67.0 Å². The largest absolute Gasteiger partial charge is 0.337 e. The molecule has 6 rings (SSSR count). The molecule has 2 aromatic carbocycles. The summed E-state index contributed by atoms with van der Waals surface area (Å²) in [5.41, 5.74) is 3.32. The summed E-state index contributed by atoms with van der Waals surface area (Å²) in [5, 5.41) is 2.36. The summed E-state index contributed by atoms with van der Waals surface area (Å²) in [6.45, 7) is 1.34. The van der Waals surface area contributed by atoms with Crippen LogP contribution in [0.5, 0.6) is 0 Å². The van der Waals surface area contributed by atoms with Crippen molar-refractivity contribution in [2.45, 2.75) is 18.9 Å². The van der Waals surface area contributed by atoms with Crippen LogP contribution < -0.4 is 0 Å². The van der Waals surface area contributed by atoms with Crippen LogP contribution in [0.2, 0.25) is 0 Å². The highest BCUT2D eigenvalue weighted by Gasteiger charge is 2.29. The van der Waals surface area contributed by atoms with Gasteiger partial charge in [0.25, 0.3) is 5.91 Å². The van der Waals surface area contributed by atoms with Gasteiger partial charge in [-0.3, -0.25) is 4.79 Å². The Morgan fingerprint density at radius 3 is 2.69 bits per heavy atom. The van der Waals surface area contributed by atoms with Gasteiger partial charge in [0.15, 0.2) is 11.3 Å². The molecule has 158 valence electrons. The number of aromatic nitrogens is 5. The smallest absolute Gasteiger partial charge is 0.275 e. The first-order chi connectivity index (χ1) is 15.8. The third-order valence-electron chi connectivity index (χ3n) is 6.18. The summed E-state index contributed by atoms with van der Waals surface area (Å²) < 4.78 is 10.3. The molecule has 0 bridgehead atoms. The molecule has 3 aromatic heterocycles. The summed E-state index contributed by atoms with van der Waals surface area (Å²) in [5.74, 6) is 0.893. The average molecular weight is 441 g/mol. The molecule has 0 saturated carbocycles. The SMILES string of the molecule is O=C(c1cnsn1)N1CCC(n2c(-c3cccc4ccccc34)nc3cccnc32)CC1. The molecular formula is C24H20N6OS. The van der Waals surface area contributed by atoms with E-state index in [2.05, 4.69) is 60.8 Å². The fraction of sp³-hybridized carbons (Fsp3) is 0.208. The Bertz CT molecular complexity index is 1410. The molecule has 1 aliphatic heterocycles. The maximum atomic E-state index is 12.7. The van der Waals surface area contributed by atoms with Crippen LogP contribution in [0.4, 0.5) is 0 Å². The number of carbonyl (C=O) groups is 1. The van der Waals surface area contributed by atoms with Crippen molar-refractivity contribution in [1.29, 1.82) is 0 Å². The minimum atomic E-state index is -0.0416. The van der Waals surface area contributed by atoms with Crippen LogP contribution in [0.25, 0.3) is 33.3 Å². The van der Waals surface area contributed by atoms with Crippen molar-refractivity contribution in [2.24, 2.45) is 0 Å². The molecule has 0 radical (unpaired) electrons. The molecule has 0 N–H and O–H groups in total. The number of hydrogen-bond donors (Lipinski definition) is 0. The lowest BCUT2D eigenvalue weighted by Crippen LogP contribution is -2.39. The summed E-state index contributed by atoms with van der Waals surface area (Å²) in [6, 6.07) is 18.9. The topological polar surface area (TPSA) is 76.8 Å². The molecule has 1 aliphatic rings. The van der Waals surface area contributed by atoms with Crippen molar-refractivity contribution in [2.75, 3.05) is 13.1 Å². The molecule has 4 heterocycles. The van der Waals surface area contributed by atoms with E-state index in [1.54, 1.807) is 6.20 Å². The Morgan fingerprint density at radius 2 is 1.84 bits per heavy atom. The average Bonchev–Trinajstić information content (AvgIpc) is 3.52. The molecule has 1 fully saturated rings. The minimum Gasteiger partial charge on any atom is -0.337 e. The minimum absolute atomic E-state index is 0.0416. The Balaban J connectivity index is 1.40. The fourth-order valence-corrected chi connectivity index (χ4v) is 5.04. The molecule has 0 aliphatic carbocycles. The number of amides is 1. The van der Waals surface area contributed by atoms with Crippen LogP contribution >= 0.6 is 11.7 Å². The molecule has 0 atom stereocenters. The lowest BCUT2D eigenvalue weighted by atomic mass is 10.0. The zero-order valence-electron chi connectivity index (χ0n) is 17.3. The quantitative estimate of drug-likeness (QED) is 0.410. The number of benzene rings is 2. The Hall–Kier alpha value is -3.65. The molecule has 0 spiro atoms. The van der Waals surface area contributed by atoms with Gasteiger partial charge in [0.1, 0.15) is 11.3 Å². The predicted octanol–water partition coefficient (Wildman–Crippen LogP) is 4.58. The first kappa shape index (κ1) is 19.1. The number of hydrogen-bond acceptors (Lipinski definition) is 6. The van der Waals surface area contributed by atoms with Gasteiger partial charge in [-0.2, -0.15) is 8.75 Å². The molecular weight excluding hydrogens is 420 g/mol. The van der Waals surface area contributed by atoms with Gasteiger partial charge >= 0.3 is 0 Å². The standard InChI is InChI=1S/C24H20N6OS/c31-24(21-15-26-32-28-21)29-13-10-17(11-14-29)30-22(27-20-9-4-12-25-23(20)30)19-8-3-6-16-5-1-2-7-18(16)19/h1-9,12,15,17H,10-11,13-14H2. The van der Waals surface area contributed by atoms with Crippen molar-refractivity contribution in [3.63, 3.8) is 0 Å². The normalized spacial score (nSPS) is 14.9. The van der Waals surface area contributed by atoms with Crippen LogP contribution in [-0.4, -0.2) is 47.2 Å². The second-order valence-electron chi connectivity index (χ2n) is 7.99. The molecule has 5 aromatic rings. The fourth-order valence-electron chi connectivity index (χ4n) is 4.63. The van der Waals surface area contributed by atoms with E-state index in [9.17, 15) is 4.79 Å². The van der Waals surface area contributed by atoms with Crippen molar-refractivity contribution in [1.82, 2.24) is 28.2 Å². The second kappa shape index (κ2) is 7.80. The summed E-state index contributed by atoms with van der Waals surface area (Å²) >= 11 is 1.06. The third kappa shape index (κ3) is 3.15. The summed E-state index contributed by atoms with van der Waals surface area (Å²) in [4.78, 5) is 24.3. The van der Waals surface area contributed by atoms with E-state index in [0.29, 0.717) is 18.8 Å². The van der Waals surface area contributed by atoms with Gasteiger partial charge in [0.2, 0.25) is 0 Å². The summed E-state index contributed by atoms with van der Waals surface area (Å²) in [6.07, 6.45) is 5.04. The first-order valence-electron chi connectivity index (χ1n) is 10.7. The number of pyridine rings is 1. The van der Waals surface area contributed by atoms with Crippen molar-refractivity contribution < 1.29 is 4.79 Å². The molecule has 0 unspecified atom stereocenters. The Morgan fingerprint density at radius 1 is 1.00 bits per heavy atom. The second-order valence-corrected chi connectivity index (χ2v) is 8.55. The Kier molecular flexibility index (Phi) is 4.65. The van der Waals surface area contributed by atoms with Crippen molar-refractivity contribution >= 4 is 39.6 Å². The number of nitrogens with zero attached hydrogens (tertiary/aromatic N) is 6.